The standard InChI is InChI=1S/C21H27NO5/c23-18(22-21-9-6-20(7-10-21,8-11-21)19(24)25)15-3-1-4-16(13-15)27-14-17-5-2-12-26-17/h1,3-4,13,17H,2,5-12,14H2,(H,22,23)(H,24,25). The van der Waals surface area contributed by atoms with Crippen LogP contribution in [-0.4, -0.2) is 41.8 Å². The van der Waals surface area contributed by atoms with Gasteiger partial charge in [0.2, 0.25) is 0 Å². The molecule has 2 bridgehead atoms. The molecule has 3 aliphatic carbocycles. The van der Waals surface area contributed by atoms with Gasteiger partial charge < -0.3 is 19.9 Å². The van der Waals surface area contributed by atoms with Crippen LogP contribution in [0.15, 0.2) is 24.3 Å². The molecule has 0 aromatic heterocycles. The van der Waals surface area contributed by atoms with Crippen molar-refractivity contribution in [2.45, 2.75) is 63.0 Å². The van der Waals surface area contributed by atoms with Gasteiger partial charge in [-0.1, -0.05) is 6.07 Å². The quantitative estimate of drug-likeness (QED) is 0.800. The summed E-state index contributed by atoms with van der Waals surface area (Å²) in [7, 11) is 0. The average Bonchev–Trinajstić information content (AvgIpc) is 3.21. The lowest BCUT2D eigenvalue weighted by Gasteiger charge is -2.51. The fourth-order valence-corrected chi connectivity index (χ4v) is 4.70. The summed E-state index contributed by atoms with van der Waals surface area (Å²) < 4.78 is 11.4. The Balaban J connectivity index is 1.37. The smallest absolute Gasteiger partial charge is 0.309 e. The molecule has 1 unspecified atom stereocenters. The van der Waals surface area contributed by atoms with Crippen molar-refractivity contribution in [2.75, 3.05) is 13.2 Å². The number of amides is 1. The van der Waals surface area contributed by atoms with Crippen LogP contribution in [0.25, 0.3) is 0 Å². The van der Waals surface area contributed by atoms with E-state index in [0.29, 0.717) is 37.2 Å². The van der Waals surface area contributed by atoms with Gasteiger partial charge in [-0.15, -0.1) is 0 Å². The Kier molecular flexibility index (Phi) is 4.84. The van der Waals surface area contributed by atoms with Gasteiger partial charge in [0, 0.05) is 17.7 Å². The normalized spacial score (nSPS) is 32.2. The first-order chi connectivity index (χ1) is 13.0. The number of aliphatic carboxylic acids is 1. The number of carbonyl (C=O) groups excluding carboxylic acids is 1. The highest BCUT2D eigenvalue weighted by Crippen LogP contribution is 2.52. The summed E-state index contributed by atoms with van der Waals surface area (Å²) in [6.45, 7) is 1.30. The number of hydrogen-bond acceptors (Lipinski definition) is 4. The maximum atomic E-state index is 12.8. The van der Waals surface area contributed by atoms with Crippen molar-refractivity contribution in [2.24, 2.45) is 5.41 Å². The summed E-state index contributed by atoms with van der Waals surface area (Å²) >= 11 is 0. The Bertz CT molecular complexity index is 701. The molecule has 1 heterocycles. The number of ether oxygens (including phenoxy) is 2. The SMILES string of the molecule is O=C(NC12CCC(C(=O)O)(CC1)CC2)c1cccc(OCC2CCCO2)c1. The average molecular weight is 373 g/mol. The van der Waals surface area contributed by atoms with E-state index < -0.39 is 11.4 Å². The number of carboxylic acid groups (broad SMARTS) is 1. The van der Waals surface area contributed by atoms with Crippen molar-refractivity contribution in [1.82, 2.24) is 5.32 Å². The fourth-order valence-electron chi connectivity index (χ4n) is 4.70. The maximum absolute atomic E-state index is 12.8. The lowest BCUT2D eigenvalue weighted by molar-refractivity contribution is -0.156. The minimum atomic E-state index is -0.682. The third kappa shape index (κ3) is 3.68. The van der Waals surface area contributed by atoms with Gasteiger partial charge in [0.15, 0.2) is 0 Å². The first-order valence-electron chi connectivity index (χ1n) is 9.91. The molecular formula is C21H27NO5. The highest BCUT2D eigenvalue weighted by Gasteiger charge is 2.53. The van der Waals surface area contributed by atoms with Crippen molar-refractivity contribution in [3.63, 3.8) is 0 Å². The summed E-state index contributed by atoms with van der Waals surface area (Å²) in [5.41, 5.74) is -0.249. The molecule has 6 heteroatoms. The van der Waals surface area contributed by atoms with Gasteiger partial charge in [-0.2, -0.15) is 0 Å². The van der Waals surface area contributed by atoms with Gasteiger partial charge >= 0.3 is 5.97 Å². The first kappa shape index (κ1) is 18.3. The molecule has 6 nitrogen and oxygen atoms in total. The van der Waals surface area contributed by atoms with Crippen LogP contribution in [0.5, 0.6) is 5.75 Å². The molecule has 3 saturated carbocycles. The molecule has 2 N–H and O–H groups in total. The number of carbonyl (C=O) groups is 2. The van der Waals surface area contributed by atoms with E-state index in [0.717, 1.165) is 38.7 Å². The van der Waals surface area contributed by atoms with Crippen LogP contribution in [0.4, 0.5) is 0 Å². The van der Waals surface area contributed by atoms with E-state index >= 15 is 0 Å². The number of carboxylic acids is 1. The summed E-state index contributed by atoms with van der Waals surface area (Å²) in [4.78, 5) is 24.4. The lowest BCUT2D eigenvalue weighted by atomic mass is 9.57. The van der Waals surface area contributed by atoms with Crippen LogP contribution < -0.4 is 10.1 Å². The Morgan fingerprint density at radius 3 is 2.56 bits per heavy atom. The monoisotopic (exact) mass is 373 g/mol. The zero-order valence-corrected chi connectivity index (χ0v) is 15.5. The molecule has 146 valence electrons. The lowest BCUT2D eigenvalue weighted by Crippen LogP contribution is -2.58. The highest BCUT2D eigenvalue weighted by molar-refractivity contribution is 5.95. The Morgan fingerprint density at radius 1 is 1.19 bits per heavy atom. The molecule has 1 aromatic rings. The largest absolute Gasteiger partial charge is 0.491 e. The Hall–Kier alpha value is -2.08. The third-order valence-corrected chi connectivity index (χ3v) is 6.63. The van der Waals surface area contributed by atoms with Gasteiger partial charge in [-0.05, 0) is 69.6 Å². The van der Waals surface area contributed by atoms with Crippen LogP contribution >= 0.6 is 0 Å². The molecule has 1 aromatic carbocycles. The molecule has 1 aliphatic heterocycles. The molecular weight excluding hydrogens is 346 g/mol. The van der Waals surface area contributed by atoms with E-state index in [1.54, 1.807) is 12.1 Å². The van der Waals surface area contributed by atoms with E-state index in [1.165, 1.54) is 0 Å². The number of nitrogens with one attached hydrogen (secondary N) is 1. The number of rotatable bonds is 6. The van der Waals surface area contributed by atoms with Crippen molar-refractivity contribution in [3.05, 3.63) is 29.8 Å². The molecule has 1 amide bonds. The van der Waals surface area contributed by atoms with Crippen molar-refractivity contribution in [3.8, 4) is 5.75 Å². The molecule has 1 atom stereocenters. The molecule has 5 rings (SSSR count). The zero-order chi connectivity index (χ0) is 18.9. The Labute approximate surface area is 159 Å². The van der Waals surface area contributed by atoms with Crippen LogP contribution in [0.2, 0.25) is 0 Å². The van der Waals surface area contributed by atoms with Gasteiger partial charge in [-0.3, -0.25) is 9.59 Å². The van der Waals surface area contributed by atoms with Crippen LogP contribution in [0.1, 0.15) is 61.7 Å². The summed E-state index contributed by atoms with van der Waals surface area (Å²) in [5, 5.41) is 12.7. The van der Waals surface area contributed by atoms with Gasteiger partial charge in [0.25, 0.3) is 5.91 Å². The van der Waals surface area contributed by atoms with E-state index in [1.807, 2.05) is 12.1 Å². The number of hydrogen-bond donors (Lipinski definition) is 2. The first-order valence-corrected chi connectivity index (χ1v) is 9.91. The molecule has 0 radical (unpaired) electrons. The molecule has 27 heavy (non-hydrogen) atoms. The van der Waals surface area contributed by atoms with Crippen LogP contribution in [0.3, 0.4) is 0 Å². The van der Waals surface area contributed by atoms with Crippen molar-refractivity contribution in [1.29, 1.82) is 0 Å². The second-order valence-electron chi connectivity index (χ2n) is 8.29. The summed E-state index contributed by atoms with van der Waals surface area (Å²) in [6, 6.07) is 7.24. The third-order valence-electron chi connectivity index (χ3n) is 6.63. The van der Waals surface area contributed by atoms with Crippen LogP contribution in [0, 0.1) is 5.41 Å². The predicted octanol–water partition coefficient (Wildman–Crippen LogP) is 3.15. The summed E-state index contributed by atoms with van der Waals surface area (Å²) in [5.74, 6) is -0.117. The Morgan fingerprint density at radius 2 is 1.93 bits per heavy atom. The topological polar surface area (TPSA) is 84.9 Å². The van der Waals surface area contributed by atoms with E-state index in [-0.39, 0.29) is 17.6 Å². The van der Waals surface area contributed by atoms with Crippen molar-refractivity contribution >= 4 is 11.9 Å². The minimum Gasteiger partial charge on any atom is -0.491 e. The second-order valence-corrected chi connectivity index (χ2v) is 8.29. The van der Waals surface area contributed by atoms with E-state index in [2.05, 4.69) is 5.32 Å². The van der Waals surface area contributed by atoms with Crippen LogP contribution in [-0.2, 0) is 9.53 Å². The molecule has 1 saturated heterocycles. The van der Waals surface area contributed by atoms with E-state index in [4.69, 9.17) is 9.47 Å². The predicted molar refractivity (Wildman–Crippen MR) is 98.9 cm³/mol. The number of benzene rings is 1. The van der Waals surface area contributed by atoms with E-state index in [9.17, 15) is 14.7 Å². The summed E-state index contributed by atoms with van der Waals surface area (Å²) in [6.07, 6.45) is 6.37. The molecule has 4 fully saturated rings. The fraction of sp³-hybridized carbons (Fsp3) is 0.619. The minimum absolute atomic E-state index is 0.109. The molecule has 0 spiro atoms. The van der Waals surface area contributed by atoms with Gasteiger partial charge in [0.05, 0.1) is 11.5 Å². The molecule has 4 aliphatic rings. The van der Waals surface area contributed by atoms with Gasteiger partial charge in [0.1, 0.15) is 12.4 Å². The maximum Gasteiger partial charge on any atom is 0.309 e. The van der Waals surface area contributed by atoms with Crippen molar-refractivity contribution < 1.29 is 24.2 Å². The second kappa shape index (κ2) is 7.15. The number of fused-ring (bicyclic) bond motifs is 3. The zero-order valence-electron chi connectivity index (χ0n) is 15.5. The van der Waals surface area contributed by atoms with Gasteiger partial charge in [-0.25, -0.2) is 0 Å². The highest BCUT2D eigenvalue weighted by atomic mass is 16.5.